The Labute approximate surface area is 205 Å². The second-order valence-electron chi connectivity index (χ2n) is 8.97. The summed E-state index contributed by atoms with van der Waals surface area (Å²) in [5, 5.41) is 31.4. The number of pyridine rings is 1. The van der Waals surface area contributed by atoms with E-state index in [4.69, 9.17) is 30.6 Å². The smallest absolute Gasteiger partial charge is 0.340 e. The standard InChI is InChI=1S/C20H26ClN3O9P2/c21-18-14(8-22)13(7-11-3-1-2-4-11)12-5-6-24(19(12)23-18)20-17(26)16(25)15(33-20)9-32-35(30,31)10-34(27,28)29/h5-6,11,15-17,20,25-26H,1-4,7,9-10H2,(H,30,31)(H2,27,28,29)/t15-,16-,17-,20-/m1/s1. The van der Waals surface area contributed by atoms with Gasteiger partial charge in [-0.2, -0.15) is 5.26 Å². The van der Waals surface area contributed by atoms with E-state index in [0.29, 0.717) is 28.9 Å². The van der Waals surface area contributed by atoms with E-state index in [1.54, 1.807) is 12.3 Å². The molecule has 1 aliphatic carbocycles. The van der Waals surface area contributed by atoms with Crippen molar-refractivity contribution in [2.75, 3.05) is 12.5 Å². The number of rotatable bonds is 8. The van der Waals surface area contributed by atoms with E-state index in [2.05, 4.69) is 11.1 Å². The van der Waals surface area contributed by atoms with E-state index in [1.807, 2.05) is 0 Å². The van der Waals surface area contributed by atoms with Gasteiger partial charge in [0.05, 0.1) is 12.2 Å². The van der Waals surface area contributed by atoms with E-state index in [0.717, 1.165) is 31.2 Å². The molecule has 5 N–H and O–H groups in total. The van der Waals surface area contributed by atoms with E-state index >= 15 is 0 Å². The molecular formula is C20H26ClN3O9P2. The van der Waals surface area contributed by atoms with E-state index in [-0.39, 0.29) is 5.15 Å². The lowest BCUT2D eigenvalue weighted by molar-refractivity contribution is -0.0481. The molecule has 0 aromatic carbocycles. The summed E-state index contributed by atoms with van der Waals surface area (Å²) in [6.45, 7) is -0.693. The second-order valence-corrected chi connectivity index (χ2v) is 13.3. The molecule has 2 aliphatic rings. The predicted molar refractivity (Wildman–Crippen MR) is 124 cm³/mol. The Morgan fingerprint density at radius 3 is 2.54 bits per heavy atom. The first-order chi connectivity index (χ1) is 16.4. The van der Waals surface area contributed by atoms with Gasteiger partial charge in [0.15, 0.2) is 12.1 Å². The van der Waals surface area contributed by atoms with Crippen LogP contribution in [0.25, 0.3) is 11.0 Å². The third-order valence-corrected chi connectivity index (χ3v) is 10.1. The summed E-state index contributed by atoms with van der Waals surface area (Å²) in [6.07, 6.45) is 1.19. The van der Waals surface area contributed by atoms with Crippen LogP contribution in [-0.2, 0) is 24.8 Å². The zero-order chi connectivity index (χ0) is 25.5. The first kappa shape index (κ1) is 26.7. The number of fused-ring (bicyclic) bond motifs is 1. The highest BCUT2D eigenvalue weighted by atomic mass is 35.5. The van der Waals surface area contributed by atoms with Gasteiger partial charge in [0.1, 0.15) is 35.2 Å². The van der Waals surface area contributed by atoms with Gasteiger partial charge in [0.2, 0.25) is 0 Å². The summed E-state index contributed by atoms with van der Waals surface area (Å²) in [5.74, 6) is -0.962. The predicted octanol–water partition coefficient (Wildman–Crippen LogP) is 2.25. The fourth-order valence-corrected chi connectivity index (χ4v) is 7.60. The molecule has 192 valence electrons. The monoisotopic (exact) mass is 549 g/mol. The van der Waals surface area contributed by atoms with Gasteiger partial charge in [-0.1, -0.05) is 37.3 Å². The fraction of sp³-hybridized carbons (Fsp3) is 0.600. The van der Waals surface area contributed by atoms with E-state index in [1.165, 1.54) is 4.57 Å². The molecule has 15 heteroatoms. The Balaban J connectivity index is 1.59. The Morgan fingerprint density at radius 1 is 1.23 bits per heavy atom. The molecule has 1 saturated heterocycles. The number of ether oxygens (including phenoxy) is 1. The molecule has 5 atom stereocenters. The zero-order valence-corrected chi connectivity index (χ0v) is 21.0. The van der Waals surface area contributed by atoms with Crippen molar-refractivity contribution in [2.45, 2.75) is 56.6 Å². The van der Waals surface area contributed by atoms with Crippen molar-refractivity contribution in [2.24, 2.45) is 5.92 Å². The number of hydrogen-bond acceptors (Lipinski definition) is 8. The molecule has 1 saturated carbocycles. The van der Waals surface area contributed by atoms with Crippen LogP contribution in [0.4, 0.5) is 0 Å². The average Bonchev–Trinajstić information content (AvgIpc) is 3.46. The summed E-state index contributed by atoms with van der Waals surface area (Å²) in [6, 6.07) is 3.87. The number of nitrogens with zero attached hydrogens (tertiary/aromatic N) is 3. The van der Waals surface area contributed by atoms with Crippen LogP contribution in [0.2, 0.25) is 5.15 Å². The van der Waals surface area contributed by atoms with E-state index in [9.17, 15) is 29.5 Å². The first-order valence-corrected chi connectivity index (χ1v) is 15.0. The average molecular weight is 550 g/mol. The quantitative estimate of drug-likeness (QED) is 0.239. The lowest BCUT2D eigenvalue weighted by Crippen LogP contribution is -2.33. The molecule has 2 aromatic rings. The van der Waals surface area contributed by atoms with Crippen molar-refractivity contribution in [3.05, 3.63) is 28.5 Å². The minimum absolute atomic E-state index is 0.0134. The molecule has 2 aromatic heterocycles. The molecular weight excluding hydrogens is 524 g/mol. The molecule has 2 fully saturated rings. The van der Waals surface area contributed by atoms with Crippen molar-refractivity contribution in [3.63, 3.8) is 0 Å². The minimum atomic E-state index is -4.82. The molecule has 1 unspecified atom stereocenters. The van der Waals surface area contributed by atoms with Gasteiger partial charge in [-0.05, 0) is 24.0 Å². The minimum Gasteiger partial charge on any atom is -0.387 e. The SMILES string of the molecule is N#Cc1c(Cl)nc2c(ccn2[C@@H]2O[C@H](COP(=O)(O)CP(=O)(O)O)[C@@H](O)[C@H]2O)c1CC1CCCC1. The van der Waals surface area contributed by atoms with Gasteiger partial charge in [0.25, 0.3) is 0 Å². The molecule has 35 heavy (non-hydrogen) atoms. The molecule has 0 amide bonds. The molecule has 12 nitrogen and oxygen atoms in total. The Bertz CT molecular complexity index is 1240. The zero-order valence-electron chi connectivity index (χ0n) is 18.5. The largest absolute Gasteiger partial charge is 0.387 e. The highest BCUT2D eigenvalue weighted by Gasteiger charge is 2.45. The number of nitriles is 1. The Hall–Kier alpha value is -1.35. The molecule has 0 radical (unpaired) electrons. The van der Waals surface area contributed by atoms with Crippen LogP contribution in [0.5, 0.6) is 0 Å². The van der Waals surface area contributed by atoms with Gasteiger partial charge in [-0.15, -0.1) is 0 Å². The van der Waals surface area contributed by atoms with Crippen LogP contribution >= 0.6 is 26.8 Å². The molecule has 1 aliphatic heterocycles. The first-order valence-electron chi connectivity index (χ1n) is 11.0. The Kier molecular flexibility index (Phi) is 7.78. The van der Waals surface area contributed by atoms with Gasteiger partial charge in [-0.25, -0.2) is 4.98 Å². The molecule has 3 heterocycles. The Morgan fingerprint density at radius 2 is 1.91 bits per heavy atom. The van der Waals surface area contributed by atoms with Crippen LogP contribution in [0.1, 0.15) is 43.0 Å². The summed E-state index contributed by atoms with van der Waals surface area (Å²) in [5.41, 5.74) is 1.40. The van der Waals surface area contributed by atoms with Gasteiger partial charge in [-0.3, -0.25) is 9.13 Å². The summed E-state index contributed by atoms with van der Waals surface area (Å²) in [4.78, 5) is 31.8. The van der Waals surface area contributed by atoms with Gasteiger partial charge >= 0.3 is 15.2 Å². The maximum absolute atomic E-state index is 11.9. The highest BCUT2D eigenvalue weighted by Crippen LogP contribution is 2.55. The maximum Gasteiger partial charge on any atom is 0.340 e. The topological polar surface area (TPSA) is 195 Å². The number of aliphatic hydroxyl groups is 2. The normalized spacial score (nSPS) is 27.3. The molecule has 0 spiro atoms. The summed E-state index contributed by atoms with van der Waals surface area (Å²) < 4.78 is 34.8. The van der Waals surface area contributed by atoms with Crippen molar-refractivity contribution < 1.29 is 43.3 Å². The van der Waals surface area contributed by atoms with Crippen molar-refractivity contribution in [1.82, 2.24) is 9.55 Å². The van der Waals surface area contributed by atoms with Crippen LogP contribution in [0.15, 0.2) is 12.3 Å². The number of hydrogen-bond donors (Lipinski definition) is 5. The third-order valence-electron chi connectivity index (χ3n) is 6.42. The highest BCUT2D eigenvalue weighted by molar-refractivity contribution is 7.70. The van der Waals surface area contributed by atoms with Crippen LogP contribution in [0, 0.1) is 17.2 Å². The number of halogens is 1. The lowest BCUT2D eigenvalue weighted by atomic mass is 9.94. The third kappa shape index (κ3) is 5.81. The van der Waals surface area contributed by atoms with Crippen LogP contribution in [-0.4, -0.2) is 65.3 Å². The second kappa shape index (κ2) is 10.2. The van der Waals surface area contributed by atoms with Crippen molar-refractivity contribution >= 4 is 37.8 Å². The van der Waals surface area contributed by atoms with Crippen molar-refractivity contribution in [3.8, 4) is 6.07 Å². The van der Waals surface area contributed by atoms with Gasteiger partial charge in [0, 0.05) is 11.6 Å². The van der Waals surface area contributed by atoms with Crippen LogP contribution < -0.4 is 0 Å². The molecule has 0 bridgehead atoms. The number of aromatic nitrogens is 2. The van der Waals surface area contributed by atoms with Crippen LogP contribution in [0.3, 0.4) is 0 Å². The lowest BCUT2D eigenvalue weighted by Gasteiger charge is -2.19. The van der Waals surface area contributed by atoms with Crippen molar-refractivity contribution in [1.29, 1.82) is 5.26 Å². The maximum atomic E-state index is 11.9. The van der Waals surface area contributed by atoms with E-state index < -0.39 is 52.2 Å². The molecule has 4 rings (SSSR count). The summed E-state index contributed by atoms with van der Waals surface area (Å²) >= 11 is 6.33. The number of aliphatic hydroxyl groups excluding tert-OH is 2. The fourth-order valence-electron chi connectivity index (χ4n) is 4.79. The summed E-state index contributed by atoms with van der Waals surface area (Å²) in [7, 11) is -9.49. The van der Waals surface area contributed by atoms with Gasteiger partial charge < -0.3 is 38.7 Å².